The van der Waals surface area contributed by atoms with Crippen molar-refractivity contribution in [2.75, 3.05) is 13.1 Å². The molecule has 2 aromatic heterocycles. The Kier molecular flexibility index (Phi) is 5.04. The molecule has 0 radical (unpaired) electrons. The molecular formula is C16H21N3. The third-order valence-corrected chi connectivity index (χ3v) is 3.06. The minimum atomic E-state index is 0.961. The molecule has 0 aliphatic rings. The number of pyridine rings is 2. The van der Waals surface area contributed by atoms with Crippen LogP contribution in [0.5, 0.6) is 0 Å². The first-order valence-electron chi connectivity index (χ1n) is 6.78. The number of hydrogen-bond donors (Lipinski definition) is 1. The van der Waals surface area contributed by atoms with E-state index in [0.29, 0.717) is 0 Å². The number of aryl methyl sites for hydroxylation is 2. The van der Waals surface area contributed by atoms with Crippen LogP contribution in [0.15, 0.2) is 36.7 Å². The van der Waals surface area contributed by atoms with Crippen molar-refractivity contribution in [2.24, 2.45) is 0 Å². The molecule has 0 spiro atoms. The summed E-state index contributed by atoms with van der Waals surface area (Å²) >= 11 is 0. The van der Waals surface area contributed by atoms with Crippen LogP contribution in [-0.2, 0) is 12.8 Å². The van der Waals surface area contributed by atoms with Gasteiger partial charge in [0.05, 0.1) is 0 Å². The maximum absolute atomic E-state index is 4.35. The first kappa shape index (κ1) is 13.7. The zero-order valence-electron chi connectivity index (χ0n) is 11.7. The van der Waals surface area contributed by atoms with E-state index in [1.807, 2.05) is 24.5 Å². The molecular weight excluding hydrogens is 234 g/mol. The standard InChI is InChI=1S/C16H21N3/c1-13-3-9-18-15(11-13)5-7-17-8-6-16-12-14(2)4-10-19-16/h3-4,9-12,17H,5-8H2,1-2H3. The topological polar surface area (TPSA) is 37.8 Å². The van der Waals surface area contributed by atoms with E-state index < -0.39 is 0 Å². The van der Waals surface area contributed by atoms with Crippen molar-refractivity contribution in [1.82, 2.24) is 15.3 Å². The third-order valence-electron chi connectivity index (χ3n) is 3.06. The maximum Gasteiger partial charge on any atom is 0.0418 e. The van der Waals surface area contributed by atoms with Crippen LogP contribution in [0.1, 0.15) is 22.5 Å². The Balaban J connectivity index is 1.67. The molecule has 0 aliphatic heterocycles. The molecule has 0 saturated heterocycles. The molecule has 0 unspecified atom stereocenters. The fourth-order valence-electron chi connectivity index (χ4n) is 2.03. The summed E-state index contributed by atoms with van der Waals surface area (Å²) in [6.07, 6.45) is 5.70. The van der Waals surface area contributed by atoms with Gasteiger partial charge in [0.1, 0.15) is 0 Å². The SMILES string of the molecule is Cc1ccnc(CCNCCc2cc(C)ccn2)c1. The lowest BCUT2D eigenvalue weighted by atomic mass is 10.2. The van der Waals surface area contributed by atoms with Gasteiger partial charge < -0.3 is 5.32 Å². The molecule has 3 heteroatoms. The minimum absolute atomic E-state index is 0.961. The zero-order valence-corrected chi connectivity index (χ0v) is 11.7. The van der Waals surface area contributed by atoms with Crippen LogP contribution < -0.4 is 5.32 Å². The Hall–Kier alpha value is -1.74. The van der Waals surface area contributed by atoms with E-state index in [-0.39, 0.29) is 0 Å². The molecule has 2 aromatic rings. The van der Waals surface area contributed by atoms with E-state index in [1.165, 1.54) is 11.1 Å². The molecule has 0 atom stereocenters. The first-order valence-corrected chi connectivity index (χ1v) is 6.78. The van der Waals surface area contributed by atoms with Crippen molar-refractivity contribution in [3.05, 3.63) is 59.2 Å². The Bertz CT molecular complexity index is 475. The summed E-state index contributed by atoms with van der Waals surface area (Å²) in [6, 6.07) is 8.34. The molecule has 0 saturated carbocycles. The summed E-state index contributed by atoms with van der Waals surface area (Å²) in [4.78, 5) is 8.71. The Morgan fingerprint density at radius 3 is 1.74 bits per heavy atom. The number of aromatic nitrogens is 2. The van der Waals surface area contributed by atoms with Crippen molar-refractivity contribution in [3.63, 3.8) is 0 Å². The third kappa shape index (κ3) is 4.79. The maximum atomic E-state index is 4.35. The van der Waals surface area contributed by atoms with Crippen LogP contribution in [0.2, 0.25) is 0 Å². The summed E-state index contributed by atoms with van der Waals surface area (Å²) in [7, 11) is 0. The van der Waals surface area contributed by atoms with Crippen LogP contribution in [0.3, 0.4) is 0 Å². The van der Waals surface area contributed by atoms with E-state index >= 15 is 0 Å². The molecule has 0 aliphatic carbocycles. The average Bonchev–Trinajstić information content (AvgIpc) is 2.38. The van der Waals surface area contributed by atoms with Crippen LogP contribution in [0.25, 0.3) is 0 Å². The highest BCUT2D eigenvalue weighted by molar-refractivity contribution is 5.15. The van der Waals surface area contributed by atoms with Gasteiger partial charge in [-0.2, -0.15) is 0 Å². The number of nitrogens with one attached hydrogen (secondary N) is 1. The lowest BCUT2D eigenvalue weighted by Gasteiger charge is -2.05. The Labute approximate surface area is 115 Å². The normalized spacial score (nSPS) is 10.6. The van der Waals surface area contributed by atoms with Crippen molar-refractivity contribution < 1.29 is 0 Å². The molecule has 0 aromatic carbocycles. The van der Waals surface area contributed by atoms with E-state index in [1.54, 1.807) is 0 Å². The van der Waals surface area contributed by atoms with Crippen LogP contribution in [0, 0.1) is 13.8 Å². The quantitative estimate of drug-likeness (QED) is 0.806. The Morgan fingerprint density at radius 1 is 0.842 bits per heavy atom. The van der Waals surface area contributed by atoms with E-state index in [2.05, 4.69) is 41.3 Å². The summed E-state index contributed by atoms with van der Waals surface area (Å²) in [5, 5.41) is 3.44. The smallest absolute Gasteiger partial charge is 0.0418 e. The molecule has 0 bridgehead atoms. The second-order valence-electron chi connectivity index (χ2n) is 4.90. The average molecular weight is 255 g/mol. The van der Waals surface area contributed by atoms with Gasteiger partial charge in [-0.05, 0) is 49.2 Å². The Morgan fingerprint density at radius 2 is 1.32 bits per heavy atom. The number of nitrogens with zero attached hydrogens (tertiary/aromatic N) is 2. The van der Waals surface area contributed by atoms with Gasteiger partial charge in [0.15, 0.2) is 0 Å². The second kappa shape index (κ2) is 7.00. The van der Waals surface area contributed by atoms with E-state index in [9.17, 15) is 0 Å². The molecule has 3 nitrogen and oxygen atoms in total. The minimum Gasteiger partial charge on any atom is -0.316 e. The van der Waals surface area contributed by atoms with Gasteiger partial charge >= 0.3 is 0 Å². The number of hydrogen-bond acceptors (Lipinski definition) is 3. The van der Waals surface area contributed by atoms with Gasteiger partial charge in [0.2, 0.25) is 0 Å². The highest BCUT2D eigenvalue weighted by Gasteiger charge is 1.97. The van der Waals surface area contributed by atoms with Gasteiger partial charge in [0, 0.05) is 49.7 Å². The molecule has 2 rings (SSSR count). The molecule has 0 amide bonds. The molecule has 1 N–H and O–H groups in total. The van der Waals surface area contributed by atoms with Crippen molar-refractivity contribution in [3.8, 4) is 0 Å². The summed E-state index contributed by atoms with van der Waals surface area (Å²) < 4.78 is 0. The monoisotopic (exact) mass is 255 g/mol. The van der Waals surface area contributed by atoms with Crippen LogP contribution in [0.4, 0.5) is 0 Å². The summed E-state index contributed by atoms with van der Waals surface area (Å²) in [6.45, 7) is 6.12. The summed E-state index contributed by atoms with van der Waals surface area (Å²) in [5.74, 6) is 0. The highest BCUT2D eigenvalue weighted by Crippen LogP contribution is 2.01. The van der Waals surface area contributed by atoms with Gasteiger partial charge in [-0.15, -0.1) is 0 Å². The summed E-state index contributed by atoms with van der Waals surface area (Å²) in [5.41, 5.74) is 4.85. The van der Waals surface area contributed by atoms with Crippen molar-refractivity contribution in [1.29, 1.82) is 0 Å². The molecule has 19 heavy (non-hydrogen) atoms. The fourth-order valence-corrected chi connectivity index (χ4v) is 2.03. The van der Waals surface area contributed by atoms with E-state index in [4.69, 9.17) is 0 Å². The van der Waals surface area contributed by atoms with Gasteiger partial charge in [-0.1, -0.05) is 0 Å². The van der Waals surface area contributed by atoms with Crippen LogP contribution in [-0.4, -0.2) is 23.1 Å². The van der Waals surface area contributed by atoms with Crippen molar-refractivity contribution >= 4 is 0 Å². The van der Waals surface area contributed by atoms with Gasteiger partial charge in [-0.3, -0.25) is 9.97 Å². The molecule has 100 valence electrons. The van der Waals surface area contributed by atoms with Gasteiger partial charge in [-0.25, -0.2) is 0 Å². The van der Waals surface area contributed by atoms with Gasteiger partial charge in [0.25, 0.3) is 0 Å². The van der Waals surface area contributed by atoms with Crippen molar-refractivity contribution in [2.45, 2.75) is 26.7 Å². The predicted molar refractivity (Wildman–Crippen MR) is 78.2 cm³/mol. The fraction of sp³-hybridized carbons (Fsp3) is 0.375. The lowest BCUT2D eigenvalue weighted by Crippen LogP contribution is -2.20. The molecule has 2 heterocycles. The van der Waals surface area contributed by atoms with Crippen LogP contribution >= 0.6 is 0 Å². The second-order valence-corrected chi connectivity index (χ2v) is 4.90. The largest absolute Gasteiger partial charge is 0.316 e. The lowest BCUT2D eigenvalue weighted by molar-refractivity contribution is 0.669. The first-order chi connectivity index (χ1) is 9.24. The van der Waals surface area contributed by atoms with E-state index in [0.717, 1.165) is 37.3 Å². The zero-order chi connectivity index (χ0) is 13.5. The molecule has 0 fully saturated rings. The number of rotatable bonds is 6. The predicted octanol–water partition coefficient (Wildman–Crippen LogP) is 2.47. The highest BCUT2D eigenvalue weighted by atomic mass is 14.9.